The summed E-state index contributed by atoms with van der Waals surface area (Å²) < 4.78 is 11.9. The first-order chi connectivity index (χ1) is 9.11. The van der Waals surface area contributed by atoms with Crippen LogP contribution in [0.25, 0.3) is 0 Å². The predicted molar refractivity (Wildman–Crippen MR) is 77.2 cm³/mol. The lowest BCUT2D eigenvalue weighted by Gasteiger charge is -2.12. The molecule has 0 aliphatic carbocycles. The highest BCUT2D eigenvalue weighted by Crippen LogP contribution is 2.32. The summed E-state index contributed by atoms with van der Waals surface area (Å²) in [6.07, 6.45) is 0. The molecule has 0 N–H and O–H groups in total. The molecule has 0 radical (unpaired) electrons. The molecule has 0 fully saturated rings. The normalized spacial score (nSPS) is 10.1. The molecule has 2 aromatic rings. The first-order valence-electron chi connectivity index (χ1n) is 5.73. The van der Waals surface area contributed by atoms with Gasteiger partial charge in [-0.2, -0.15) is 0 Å². The maximum atomic E-state index is 11.7. The topological polar surface area (TPSA) is 35.5 Å². The van der Waals surface area contributed by atoms with Crippen molar-refractivity contribution in [3.8, 4) is 17.2 Å². The van der Waals surface area contributed by atoms with Crippen molar-refractivity contribution in [2.75, 3.05) is 7.11 Å². The Morgan fingerprint density at radius 1 is 1.05 bits per heavy atom. The molecule has 0 saturated carbocycles. The van der Waals surface area contributed by atoms with Gasteiger partial charge in [-0.05, 0) is 43.3 Å². The molecule has 98 valence electrons. The Hall–Kier alpha value is -1.81. The maximum absolute atomic E-state index is 11.7. The Labute approximate surface area is 120 Å². The van der Waals surface area contributed by atoms with Gasteiger partial charge < -0.3 is 9.47 Å². The Bertz CT molecular complexity index is 591. The fourth-order valence-corrected chi connectivity index (χ4v) is 2.01. The number of hydrogen-bond acceptors (Lipinski definition) is 3. The molecule has 2 rings (SSSR count). The van der Waals surface area contributed by atoms with E-state index in [0.29, 0.717) is 22.8 Å². The lowest BCUT2D eigenvalue weighted by Crippen LogP contribution is -2.00. The number of ether oxygens (including phenoxy) is 2. The average Bonchev–Trinajstić information content (AvgIpc) is 2.40. The first kappa shape index (κ1) is 13.6. The van der Waals surface area contributed by atoms with Crippen LogP contribution in [-0.2, 0) is 0 Å². The van der Waals surface area contributed by atoms with Crippen LogP contribution in [0.3, 0.4) is 0 Å². The molecule has 0 bridgehead atoms. The second-order valence-electron chi connectivity index (χ2n) is 3.95. The van der Waals surface area contributed by atoms with Crippen molar-refractivity contribution in [3.63, 3.8) is 0 Å². The van der Waals surface area contributed by atoms with Crippen LogP contribution < -0.4 is 9.47 Å². The average molecular weight is 321 g/mol. The van der Waals surface area contributed by atoms with E-state index < -0.39 is 0 Å². The summed E-state index contributed by atoms with van der Waals surface area (Å²) in [5.41, 5.74) is 0.452. The molecule has 0 aromatic heterocycles. The maximum Gasteiger partial charge on any atom is 0.167 e. The quantitative estimate of drug-likeness (QED) is 0.780. The molecule has 0 saturated heterocycles. The van der Waals surface area contributed by atoms with Crippen molar-refractivity contribution in [1.82, 2.24) is 0 Å². The molecule has 4 heteroatoms. The van der Waals surface area contributed by atoms with E-state index in [0.717, 1.165) is 4.47 Å². The van der Waals surface area contributed by atoms with Gasteiger partial charge in [0.25, 0.3) is 0 Å². The number of rotatable bonds is 4. The summed E-state index contributed by atoms with van der Waals surface area (Å²) in [4.78, 5) is 11.7. The Morgan fingerprint density at radius 3 is 2.26 bits per heavy atom. The van der Waals surface area contributed by atoms with E-state index in [1.54, 1.807) is 18.2 Å². The molecule has 0 atom stereocenters. The molecule has 19 heavy (non-hydrogen) atoms. The first-order valence-corrected chi connectivity index (χ1v) is 6.52. The summed E-state index contributed by atoms with van der Waals surface area (Å²) in [6, 6.07) is 12.7. The van der Waals surface area contributed by atoms with Crippen molar-refractivity contribution < 1.29 is 14.3 Å². The van der Waals surface area contributed by atoms with Crippen LogP contribution in [0.15, 0.2) is 46.9 Å². The number of Topliss-reactive ketones (excluding diaryl/α,β-unsaturated/α-hetero) is 1. The van der Waals surface area contributed by atoms with Gasteiger partial charge in [-0.15, -0.1) is 0 Å². The van der Waals surface area contributed by atoms with Gasteiger partial charge in [0.05, 0.1) is 7.11 Å². The molecule has 0 unspecified atom stereocenters. The van der Waals surface area contributed by atoms with Crippen LogP contribution in [0, 0.1) is 0 Å². The zero-order valence-corrected chi connectivity index (χ0v) is 12.2. The second-order valence-corrected chi connectivity index (χ2v) is 4.86. The van der Waals surface area contributed by atoms with Crippen molar-refractivity contribution in [1.29, 1.82) is 0 Å². The zero-order chi connectivity index (χ0) is 13.8. The number of hydrogen-bond donors (Lipinski definition) is 0. The monoisotopic (exact) mass is 320 g/mol. The van der Waals surface area contributed by atoms with Crippen molar-refractivity contribution in [3.05, 3.63) is 52.5 Å². The van der Waals surface area contributed by atoms with Crippen LogP contribution in [-0.4, -0.2) is 12.9 Å². The molecule has 0 aliphatic rings. The highest BCUT2D eigenvalue weighted by Gasteiger charge is 2.15. The van der Waals surface area contributed by atoms with E-state index in [1.165, 1.54) is 14.0 Å². The third kappa shape index (κ3) is 3.15. The van der Waals surface area contributed by atoms with Crippen LogP contribution in [0.2, 0.25) is 0 Å². The van der Waals surface area contributed by atoms with E-state index in [9.17, 15) is 4.79 Å². The molecule has 0 amide bonds. The van der Waals surface area contributed by atoms with E-state index in [1.807, 2.05) is 24.3 Å². The SMILES string of the molecule is COc1cccc(Oc2ccc(Br)cc2)c1C(C)=O. The van der Waals surface area contributed by atoms with Gasteiger partial charge in [0.2, 0.25) is 0 Å². The fourth-order valence-electron chi connectivity index (χ4n) is 1.74. The minimum atomic E-state index is -0.0930. The van der Waals surface area contributed by atoms with E-state index in [-0.39, 0.29) is 5.78 Å². The number of halogens is 1. The Morgan fingerprint density at radius 2 is 1.68 bits per heavy atom. The van der Waals surface area contributed by atoms with Gasteiger partial charge in [0.1, 0.15) is 22.8 Å². The van der Waals surface area contributed by atoms with Gasteiger partial charge in [0.15, 0.2) is 5.78 Å². The molecule has 0 heterocycles. The lowest BCUT2D eigenvalue weighted by atomic mass is 10.1. The van der Waals surface area contributed by atoms with Crippen molar-refractivity contribution in [2.45, 2.75) is 6.92 Å². The van der Waals surface area contributed by atoms with Gasteiger partial charge in [-0.3, -0.25) is 4.79 Å². The number of carbonyl (C=O) groups is 1. The van der Waals surface area contributed by atoms with Crippen LogP contribution in [0.4, 0.5) is 0 Å². The number of ketones is 1. The summed E-state index contributed by atoms with van der Waals surface area (Å²) in [6.45, 7) is 1.49. The molecule has 3 nitrogen and oxygen atoms in total. The minimum Gasteiger partial charge on any atom is -0.496 e. The molecule has 0 spiro atoms. The number of carbonyl (C=O) groups excluding carboxylic acids is 1. The standard InChI is InChI=1S/C15H13BrO3/c1-10(17)15-13(18-2)4-3-5-14(15)19-12-8-6-11(16)7-9-12/h3-9H,1-2H3. The van der Waals surface area contributed by atoms with Gasteiger partial charge >= 0.3 is 0 Å². The summed E-state index contributed by atoms with van der Waals surface area (Å²) >= 11 is 3.36. The molecular weight excluding hydrogens is 308 g/mol. The zero-order valence-electron chi connectivity index (χ0n) is 10.6. The predicted octanol–water partition coefficient (Wildman–Crippen LogP) is 4.45. The Balaban J connectivity index is 2.39. The van der Waals surface area contributed by atoms with Crippen LogP contribution in [0.5, 0.6) is 17.2 Å². The van der Waals surface area contributed by atoms with Gasteiger partial charge in [0, 0.05) is 4.47 Å². The summed E-state index contributed by atoms with van der Waals surface area (Å²) in [5, 5.41) is 0. The minimum absolute atomic E-state index is 0.0930. The van der Waals surface area contributed by atoms with Crippen LogP contribution in [0.1, 0.15) is 17.3 Å². The van der Waals surface area contributed by atoms with E-state index >= 15 is 0 Å². The molecule has 0 aliphatic heterocycles. The molecule has 2 aromatic carbocycles. The highest BCUT2D eigenvalue weighted by molar-refractivity contribution is 9.10. The van der Waals surface area contributed by atoms with Gasteiger partial charge in [-0.25, -0.2) is 0 Å². The van der Waals surface area contributed by atoms with Crippen molar-refractivity contribution >= 4 is 21.7 Å². The largest absolute Gasteiger partial charge is 0.496 e. The smallest absolute Gasteiger partial charge is 0.167 e. The van der Waals surface area contributed by atoms with Crippen LogP contribution >= 0.6 is 15.9 Å². The number of benzene rings is 2. The van der Waals surface area contributed by atoms with Crippen molar-refractivity contribution in [2.24, 2.45) is 0 Å². The third-order valence-electron chi connectivity index (χ3n) is 2.60. The second kappa shape index (κ2) is 5.89. The van der Waals surface area contributed by atoms with E-state index in [4.69, 9.17) is 9.47 Å². The summed E-state index contributed by atoms with van der Waals surface area (Å²) in [7, 11) is 1.53. The van der Waals surface area contributed by atoms with Gasteiger partial charge in [-0.1, -0.05) is 22.0 Å². The summed E-state index contributed by atoms with van der Waals surface area (Å²) in [5.74, 6) is 1.58. The highest BCUT2D eigenvalue weighted by atomic mass is 79.9. The lowest BCUT2D eigenvalue weighted by molar-refractivity contribution is 0.101. The van der Waals surface area contributed by atoms with E-state index in [2.05, 4.69) is 15.9 Å². The number of methoxy groups -OCH3 is 1. The fraction of sp³-hybridized carbons (Fsp3) is 0.133. The third-order valence-corrected chi connectivity index (χ3v) is 3.13. The Kier molecular flexibility index (Phi) is 4.22. The molecular formula is C15H13BrO3.